The van der Waals surface area contributed by atoms with Gasteiger partial charge in [0.15, 0.2) is 12.1 Å². The summed E-state index contributed by atoms with van der Waals surface area (Å²) in [4.78, 5) is 23.0. The predicted molar refractivity (Wildman–Crippen MR) is 115 cm³/mol. The SMILES string of the molecule is CCN(CC)c1ccc(N=Nc2c(Br)cc([N+](=O)[O-])cc2[N+](=O)[O-])c(COC=N)c1. The third-order valence-corrected chi connectivity index (χ3v) is 4.81. The van der Waals surface area contributed by atoms with E-state index in [0.29, 0.717) is 11.3 Å². The van der Waals surface area contributed by atoms with Gasteiger partial charge in [0.1, 0.15) is 6.61 Å². The molecule has 158 valence electrons. The number of nitro benzene ring substituents is 2. The number of halogens is 1. The number of hydrogen-bond acceptors (Lipinski definition) is 9. The molecule has 2 rings (SSSR count). The summed E-state index contributed by atoms with van der Waals surface area (Å²) in [6.45, 7) is 5.71. The van der Waals surface area contributed by atoms with Crippen LogP contribution in [0.1, 0.15) is 19.4 Å². The molecule has 2 aromatic carbocycles. The van der Waals surface area contributed by atoms with Crippen molar-refractivity contribution in [3.8, 4) is 0 Å². The van der Waals surface area contributed by atoms with Crippen molar-refractivity contribution in [1.29, 1.82) is 5.41 Å². The average molecular weight is 479 g/mol. The van der Waals surface area contributed by atoms with Crippen LogP contribution in [0.5, 0.6) is 0 Å². The van der Waals surface area contributed by atoms with Gasteiger partial charge in [-0.3, -0.25) is 25.6 Å². The van der Waals surface area contributed by atoms with E-state index in [9.17, 15) is 20.2 Å². The molecule has 0 aliphatic heterocycles. The molecule has 0 amide bonds. The number of rotatable bonds is 10. The van der Waals surface area contributed by atoms with E-state index in [2.05, 4.69) is 31.1 Å². The van der Waals surface area contributed by atoms with E-state index >= 15 is 0 Å². The minimum absolute atomic E-state index is 0.0660. The van der Waals surface area contributed by atoms with Crippen molar-refractivity contribution in [1.82, 2.24) is 0 Å². The Morgan fingerprint density at radius 3 is 2.40 bits per heavy atom. The number of non-ortho nitro benzene ring substituents is 1. The summed E-state index contributed by atoms with van der Waals surface area (Å²) in [5.41, 5.74) is 0.843. The minimum Gasteiger partial charge on any atom is -0.479 e. The minimum atomic E-state index is -0.755. The summed E-state index contributed by atoms with van der Waals surface area (Å²) in [7, 11) is 0. The Morgan fingerprint density at radius 2 is 1.83 bits per heavy atom. The molecule has 30 heavy (non-hydrogen) atoms. The highest BCUT2D eigenvalue weighted by Gasteiger charge is 2.23. The first-order chi connectivity index (χ1) is 14.3. The van der Waals surface area contributed by atoms with Crippen molar-refractivity contribution in [2.45, 2.75) is 20.5 Å². The number of azo groups is 1. The first kappa shape index (κ1) is 22.9. The summed E-state index contributed by atoms with van der Waals surface area (Å²) in [5, 5.41) is 37.5. The van der Waals surface area contributed by atoms with Crippen LogP contribution in [0.2, 0.25) is 0 Å². The van der Waals surface area contributed by atoms with Gasteiger partial charge in [-0.2, -0.15) is 0 Å². The van der Waals surface area contributed by atoms with E-state index < -0.39 is 21.2 Å². The Bertz CT molecular complexity index is 993. The molecule has 0 aromatic heterocycles. The summed E-state index contributed by atoms with van der Waals surface area (Å²) >= 11 is 3.09. The van der Waals surface area contributed by atoms with Crippen LogP contribution in [0.3, 0.4) is 0 Å². The third kappa shape index (κ3) is 5.35. The summed E-state index contributed by atoms with van der Waals surface area (Å²) in [6.07, 6.45) is 0.808. The molecule has 0 spiro atoms. The zero-order chi connectivity index (χ0) is 22.3. The van der Waals surface area contributed by atoms with Gasteiger partial charge in [-0.25, -0.2) is 0 Å². The van der Waals surface area contributed by atoms with E-state index in [1.807, 2.05) is 26.0 Å². The molecule has 12 heteroatoms. The molecular formula is C18H19BrN6O5. The maximum atomic E-state index is 11.4. The molecule has 0 saturated carbocycles. The van der Waals surface area contributed by atoms with Crippen molar-refractivity contribution in [3.05, 3.63) is 60.6 Å². The largest absolute Gasteiger partial charge is 0.479 e. The summed E-state index contributed by atoms with van der Waals surface area (Å²) < 4.78 is 5.14. The molecule has 0 atom stereocenters. The average Bonchev–Trinajstić information content (AvgIpc) is 2.72. The Hall–Kier alpha value is -3.41. The highest BCUT2D eigenvalue weighted by molar-refractivity contribution is 9.10. The summed E-state index contributed by atoms with van der Waals surface area (Å²) in [6, 6.07) is 7.36. The van der Waals surface area contributed by atoms with E-state index in [4.69, 9.17) is 10.1 Å². The van der Waals surface area contributed by atoms with Crippen molar-refractivity contribution in [2.24, 2.45) is 10.2 Å². The Labute approximate surface area is 180 Å². The first-order valence-electron chi connectivity index (χ1n) is 8.84. The highest BCUT2D eigenvalue weighted by atomic mass is 79.9. The molecule has 2 aromatic rings. The van der Waals surface area contributed by atoms with Gasteiger partial charge in [-0.15, -0.1) is 10.2 Å². The van der Waals surface area contributed by atoms with Gasteiger partial charge in [0, 0.05) is 30.4 Å². The number of anilines is 1. The fourth-order valence-corrected chi connectivity index (χ4v) is 3.24. The second-order valence-corrected chi connectivity index (χ2v) is 6.78. The Balaban J connectivity index is 2.51. The van der Waals surface area contributed by atoms with Gasteiger partial charge >= 0.3 is 5.69 Å². The van der Waals surface area contributed by atoms with Gasteiger partial charge in [0.2, 0.25) is 0 Å². The molecule has 0 fully saturated rings. The van der Waals surface area contributed by atoms with Crippen molar-refractivity contribution < 1.29 is 14.6 Å². The molecule has 0 radical (unpaired) electrons. The van der Waals surface area contributed by atoms with Gasteiger partial charge < -0.3 is 9.64 Å². The predicted octanol–water partition coefficient (Wildman–Crippen LogP) is 5.65. The molecule has 0 saturated heterocycles. The van der Waals surface area contributed by atoms with E-state index in [0.717, 1.165) is 37.3 Å². The molecule has 11 nitrogen and oxygen atoms in total. The van der Waals surface area contributed by atoms with Crippen LogP contribution in [-0.2, 0) is 11.3 Å². The molecule has 0 aliphatic carbocycles. The number of benzene rings is 2. The normalized spacial score (nSPS) is 10.8. The maximum Gasteiger partial charge on any atom is 0.304 e. The molecule has 1 N–H and O–H groups in total. The summed E-state index contributed by atoms with van der Waals surface area (Å²) in [5.74, 6) is 0. The van der Waals surface area contributed by atoms with Crippen LogP contribution in [0.25, 0.3) is 0 Å². The van der Waals surface area contributed by atoms with Crippen molar-refractivity contribution >= 4 is 50.8 Å². The first-order valence-corrected chi connectivity index (χ1v) is 9.64. The number of nitrogens with one attached hydrogen (secondary N) is 1. The lowest BCUT2D eigenvalue weighted by molar-refractivity contribution is -0.393. The molecule has 0 aliphatic rings. The quantitative estimate of drug-likeness (QED) is 0.153. The lowest BCUT2D eigenvalue weighted by Gasteiger charge is -2.22. The zero-order valence-electron chi connectivity index (χ0n) is 16.2. The second kappa shape index (κ2) is 10.4. The highest BCUT2D eigenvalue weighted by Crippen LogP contribution is 2.40. The molecule has 0 bridgehead atoms. The number of nitro groups is 2. The monoisotopic (exact) mass is 478 g/mol. The van der Waals surface area contributed by atoms with Crippen LogP contribution in [-0.4, -0.2) is 29.3 Å². The lowest BCUT2D eigenvalue weighted by Crippen LogP contribution is -2.21. The standard InChI is InChI=1S/C18H19BrN6O5/c1-3-23(4-2)13-5-6-16(12(7-13)10-30-11-20)21-22-18-15(19)8-14(24(26)27)9-17(18)25(28)29/h5-9,11,20H,3-4,10H2,1-2H3. The van der Waals surface area contributed by atoms with Crippen LogP contribution in [0.4, 0.5) is 28.4 Å². The fraction of sp³-hybridized carbons (Fsp3) is 0.278. The molecular weight excluding hydrogens is 460 g/mol. The van der Waals surface area contributed by atoms with Crippen LogP contribution in [0.15, 0.2) is 45.0 Å². The number of hydrogen-bond donors (Lipinski definition) is 1. The Kier molecular flexibility index (Phi) is 7.92. The van der Waals surface area contributed by atoms with Crippen molar-refractivity contribution in [2.75, 3.05) is 18.0 Å². The van der Waals surface area contributed by atoms with Gasteiger partial charge in [0.25, 0.3) is 5.69 Å². The van der Waals surface area contributed by atoms with Crippen LogP contribution >= 0.6 is 15.9 Å². The fourth-order valence-electron chi connectivity index (χ4n) is 2.72. The smallest absolute Gasteiger partial charge is 0.304 e. The Morgan fingerprint density at radius 1 is 1.13 bits per heavy atom. The molecule has 0 unspecified atom stereocenters. The zero-order valence-corrected chi connectivity index (χ0v) is 17.8. The van der Waals surface area contributed by atoms with E-state index in [1.54, 1.807) is 6.07 Å². The topological polar surface area (TPSA) is 147 Å². The van der Waals surface area contributed by atoms with Gasteiger partial charge in [0.05, 0.1) is 26.1 Å². The van der Waals surface area contributed by atoms with Crippen LogP contribution in [0, 0.1) is 25.6 Å². The second-order valence-electron chi connectivity index (χ2n) is 5.92. The van der Waals surface area contributed by atoms with Gasteiger partial charge in [-0.05, 0) is 48.0 Å². The number of nitrogens with zero attached hydrogens (tertiary/aromatic N) is 5. The van der Waals surface area contributed by atoms with E-state index in [-0.39, 0.29) is 16.8 Å². The molecule has 0 heterocycles. The van der Waals surface area contributed by atoms with E-state index in [1.165, 1.54) is 0 Å². The lowest BCUT2D eigenvalue weighted by atomic mass is 10.1. The number of ether oxygens (including phenoxy) is 1. The van der Waals surface area contributed by atoms with Gasteiger partial charge in [-0.1, -0.05) is 0 Å². The van der Waals surface area contributed by atoms with Crippen LogP contribution < -0.4 is 4.90 Å². The third-order valence-electron chi connectivity index (χ3n) is 4.21. The maximum absolute atomic E-state index is 11.4. The van der Waals surface area contributed by atoms with Crippen molar-refractivity contribution in [3.63, 3.8) is 0 Å².